The van der Waals surface area contributed by atoms with Crippen molar-refractivity contribution in [3.63, 3.8) is 0 Å². The third-order valence-electron chi connectivity index (χ3n) is 3.23. The number of hydrogen-bond donors (Lipinski definition) is 2. The van der Waals surface area contributed by atoms with E-state index in [2.05, 4.69) is 20.5 Å². The van der Waals surface area contributed by atoms with Crippen molar-refractivity contribution in [3.05, 3.63) is 63.5 Å². The van der Waals surface area contributed by atoms with Crippen molar-refractivity contribution in [2.45, 2.75) is 6.54 Å². The van der Waals surface area contributed by atoms with Crippen molar-refractivity contribution in [1.29, 1.82) is 0 Å². The molecule has 7 nitrogen and oxygen atoms in total. The number of amides is 1. The zero-order chi connectivity index (χ0) is 16.9. The van der Waals surface area contributed by atoms with Gasteiger partial charge in [0.05, 0.1) is 19.3 Å². The summed E-state index contributed by atoms with van der Waals surface area (Å²) in [4.78, 5) is 27.4. The van der Waals surface area contributed by atoms with Crippen LogP contribution in [0.2, 0.25) is 0 Å². The number of nitrogens with zero attached hydrogens (tertiary/aromatic N) is 2. The standard InChI is InChI=1S/C16H14N4O3S/c1-23-12-4-2-10(3-5-12)16-18-11(9-24-16)8-17-15(22)13-6-7-14(21)20-19-13/h2-7,9H,8H2,1H3,(H,17,22)(H,20,21). The molecule has 0 atom stereocenters. The second-order valence-corrected chi connectivity index (χ2v) is 5.72. The Morgan fingerprint density at radius 3 is 2.71 bits per heavy atom. The zero-order valence-corrected chi connectivity index (χ0v) is 13.6. The number of thiazole rings is 1. The highest BCUT2D eigenvalue weighted by atomic mass is 32.1. The lowest BCUT2D eigenvalue weighted by atomic mass is 10.2. The van der Waals surface area contributed by atoms with E-state index in [1.165, 1.54) is 23.5 Å². The quantitative estimate of drug-likeness (QED) is 0.737. The summed E-state index contributed by atoms with van der Waals surface area (Å²) >= 11 is 1.50. The van der Waals surface area contributed by atoms with E-state index in [9.17, 15) is 9.59 Å². The van der Waals surface area contributed by atoms with E-state index in [0.717, 1.165) is 22.0 Å². The molecule has 2 heterocycles. The van der Waals surface area contributed by atoms with Crippen LogP contribution in [-0.4, -0.2) is 28.2 Å². The van der Waals surface area contributed by atoms with Crippen LogP contribution in [0.4, 0.5) is 0 Å². The number of ether oxygens (including phenoxy) is 1. The Bertz CT molecular complexity index is 882. The molecule has 0 saturated heterocycles. The van der Waals surface area contributed by atoms with Crippen LogP contribution < -0.4 is 15.6 Å². The van der Waals surface area contributed by atoms with Gasteiger partial charge < -0.3 is 10.1 Å². The van der Waals surface area contributed by atoms with Crippen LogP contribution in [0.1, 0.15) is 16.2 Å². The highest BCUT2D eigenvalue weighted by Gasteiger charge is 2.09. The van der Waals surface area contributed by atoms with E-state index in [-0.39, 0.29) is 23.7 Å². The molecule has 0 aliphatic carbocycles. The lowest BCUT2D eigenvalue weighted by Crippen LogP contribution is -2.25. The summed E-state index contributed by atoms with van der Waals surface area (Å²) in [6.45, 7) is 0.284. The predicted octanol–water partition coefficient (Wildman–Crippen LogP) is 1.83. The van der Waals surface area contributed by atoms with Crippen LogP contribution in [0, 0.1) is 0 Å². The van der Waals surface area contributed by atoms with E-state index in [1.807, 2.05) is 29.6 Å². The Kier molecular flexibility index (Phi) is 4.66. The lowest BCUT2D eigenvalue weighted by molar-refractivity contribution is 0.0944. The molecule has 0 unspecified atom stereocenters. The first-order valence-corrected chi connectivity index (χ1v) is 7.96. The van der Waals surface area contributed by atoms with Crippen LogP contribution in [0.3, 0.4) is 0 Å². The molecule has 1 aromatic carbocycles. The van der Waals surface area contributed by atoms with Gasteiger partial charge in [-0.1, -0.05) is 0 Å². The van der Waals surface area contributed by atoms with Crippen LogP contribution in [0.15, 0.2) is 46.6 Å². The number of nitrogens with one attached hydrogen (secondary N) is 2. The minimum atomic E-state index is -0.370. The minimum absolute atomic E-state index is 0.153. The first-order chi connectivity index (χ1) is 11.7. The summed E-state index contributed by atoms with van der Waals surface area (Å²) in [6.07, 6.45) is 0. The van der Waals surface area contributed by atoms with Crippen molar-refractivity contribution < 1.29 is 9.53 Å². The maximum Gasteiger partial charge on any atom is 0.272 e. The molecule has 0 saturated carbocycles. The molecule has 8 heteroatoms. The molecular weight excluding hydrogens is 328 g/mol. The minimum Gasteiger partial charge on any atom is -0.497 e. The van der Waals surface area contributed by atoms with Crippen LogP contribution in [0.5, 0.6) is 5.75 Å². The maximum atomic E-state index is 11.9. The molecule has 2 aromatic heterocycles. The number of rotatable bonds is 5. The fourth-order valence-electron chi connectivity index (χ4n) is 1.99. The molecule has 122 valence electrons. The van der Waals surface area contributed by atoms with Gasteiger partial charge in [-0.25, -0.2) is 10.1 Å². The molecular formula is C16H14N4O3S. The molecule has 3 aromatic rings. The monoisotopic (exact) mass is 342 g/mol. The highest BCUT2D eigenvalue weighted by molar-refractivity contribution is 7.13. The molecule has 24 heavy (non-hydrogen) atoms. The second kappa shape index (κ2) is 7.05. The number of carbonyl (C=O) groups is 1. The van der Waals surface area contributed by atoms with Gasteiger partial charge in [0.2, 0.25) is 0 Å². The highest BCUT2D eigenvalue weighted by Crippen LogP contribution is 2.25. The number of H-pyrrole nitrogens is 1. The lowest BCUT2D eigenvalue weighted by Gasteiger charge is -2.02. The maximum absolute atomic E-state index is 11.9. The molecule has 0 fully saturated rings. The summed E-state index contributed by atoms with van der Waals surface area (Å²) < 4.78 is 5.13. The summed E-state index contributed by atoms with van der Waals surface area (Å²) in [5.41, 5.74) is 1.54. The number of benzene rings is 1. The SMILES string of the molecule is COc1ccc(-c2nc(CNC(=O)c3ccc(=O)[nH]n3)cs2)cc1. The van der Waals surface area contributed by atoms with Crippen LogP contribution >= 0.6 is 11.3 Å². The van der Waals surface area contributed by atoms with Gasteiger partial charge in [-0.3, -0.25) is 9.59 Å². The number of carbonyl (C=O) groups excluding carboxylic acids is 1. The number of aromatic amines is 1. The average Bonchev–Trinajstić information content (AvgIpc) is 3.09. The van der Waals surface area contributed by atoms with E-state index in [0.29, 0.717) is 0 Å². The van der Waals surface area contributed by atoms with Crippen LogP contribution in [-0.2, 0) is 6.54 Å². The summed E-state index contributed by atoms with van der Waals surface area (Å²) in [5.74, 6) is 0.418. The molecule has 0 spiro atoms. The number of aromatic nitrogens is 3. The van der Waals surface area contributed by atoms with Gasteiger partial charge in [0.15, 0.2) is 0 Å². The van der Waals surface area contributed by atoms with E-state index in [1.54, 1.807) is 7.11 Å². The largest absolute Gasteiger partial charge is 0.497 e. The summed E-state index contributed by atoms with van der Waals surface area (Å²) in [5, 5.41) is 11.4. The van der Waals surface area contributed by atoms with Gasteiger partial charge in [0.25, 0.3) is 11.5 Å². The topological polar surface area (TPSA) is 97.0 Å². The fourth-order valence-corrected chi connectivity index (χ4v) is 2.81. The molecule has 3 rings (SSSR count). The molecule has 2 N–H and O–H groups in total. The summed E-state index contributed by atoms with van der Waals surface area (Å²) in [6, 6.07) is 10.2. The van der Waals surface area contributed by atoms with E-state index < -0.39 is 0 Å². The van der Waals surface area contributed by atoms with E-state index in [4.69, 9.17) is 4.74 Å². The smallest absolute Gasteiger partial charge is 0.272 e. The Hall–Kier alpha value is -3.00. The second-order valence-electron chi connectivity index (χ2n) is 4.86. The fraction of sp³-hybridized carbons (Fsp3) is 0.125. The van der Waals surface area contributed by atoms with Gasteiger partial charge >= 0.3 is 0 Å². The molecule has 0 radical (unpaired) electrons. The summed E-state index contributed by atoms with van der Waals surface area (Å²) in [7, 11) is 1.62. The number of methoxy groups -OCH3 is 1. The average molecular weight is 342 g/mol. The van der Waals surface area contributed by atoms with Gasteiger partial charge in [0.1, 0.15) is 16.5 Å². The third kappa shape index (κ3) is 3.66. The third-order valence-corrected chi connectivity index (χ3v) is 4.17. The molecule has 0 bridgehead atoms. The molecule has 1 amide bonds. The van der Waals surface area contributed by atoms with Crippen molar-refractivity contribution in [3.8, 4) is 16.3 Å². The van der Waals surface area contributed by atoms with E-state index >= 15 is 0 Å². The number of hydrogen-bond acceptors (Lipinski definition) is 6. The van der Waals surface area contributed by atoms with Crippen molar-refractivity contribution in [1.82, 2.24) is 20.5 Å². The van der Waals surface area contributed by atoms with Gasteiger partial charge in [-0.15, -0.1) is 11.3 Å². The Morgan fingerprint density at radius 1 is 1.25 bits per heavy atom. The van der Waals surface area contributed by atoms with Crippen molar-refractivity contribution >= 4 is 17.2 Å². The molecule has 0 aliphatic rings. The molecule has 0 aliphatic heterocycles. The van der Waals surface area contributed by atoms with Gasteiger partial charge in [-0.05, 0) is 30.3 Å². The Labute approximate surface area is 141 Å². The Balaban J connectivity index is 1.64. The normalized spacial score (nSPS) is 10.4. The first kappa shape index (κ1) is 15.9. The first-order valence-electron chi connectivity index (χ1n) is 7.08. The van der Waals surface area contributed by atoms with Gasteiger partial charge in [-0.2, -0.15) is 5.10 Å². The zero-order valence-electron chi connectivity index (χ0n) is 12.8. The Morgan fingerprint density at radius 2 is 2.04 bits per heavy atom. The van der Waals surface area contributed by atoms with Gasteiger partial charge in [0, 0.05) is 17.0 Å². The predicted molar refractivity (Wildman–Crippen MR) is 90.1 cm³/mol. The van der Waals surface area contributed by atoms with Crippen molar-refractivity contribution in [2.75, 3.05) is 7.11 Å². The van der Waals surface area contributed by atoms with Crippen LogP contribution in [0.25, 0.3) is 10.6 Å². The van der Waals surface area contributed by atoms with Crippen molar-refractivity contribution in [2.24, 2.45) is 0 Å².